The van der Waals surface area contributed by atoms with Crippen molar-refractivity contribution in [2.24, 2.45) is 0 Å². The number of halogens is 2. The Morgan fingerprint density at radius 2 is 1.76 bits per heavy atom. The van der Waals surface area contributed by atoms with Crippen LogP contribution in [0.4, 0.5) is 0 Å². The molecular weight excluding hydrogens is 518 g/mol. The minimum absolute atomic E-state index is 0.139. The van der Waals surface area contributed by atoms with Gasteiger partial charge in [0.15, 0.2) is 0 Å². The molecule has 1 amide bonds. The fourth-order valence-electron chi connectivity index (χ4n) is 4.19. The van der Waals surface area contributed by atoms with Crippen molar-refractivity contribution in [2.75, 3.05) is 0 Å². The van der Waals surface area contributed by atoms with Crippen LogP contribution in [0, 0.1) is 0 Å². The Morgan fingerprint density at radius 3 is 2.56 bits per heavy atom. The largest absolute Gasteiger partial charge is 0.419 e. The molecule has 174 valence electrons. The van der Waals surface area contributed by atoms with Gasteiger partial charge in [0.2, 0.25) is 11.8 Å². The molecule has 0 aliphatic heterocycles. The van der Waals surface area contributed by atoms with Gasteiger partial charge >= 0.3 is 0 Å². The van der Waals surface area contributed by atoms with Crippen LogP contribution in [-0.2, 0) is 6.54 Å². The van der Waals surface area contributed by atoms with Crippen molar-refractivity contribution in [3.8, 4) is 11.5 Å². The van der Waals surface area contributed by atoms with Crippen LogP contribution in [0.2, 0.25) is 5.02 Å². The van der Waals surface area contributed by atoms with E-state index in [1.807, 2.05) is 42.5 Å². The molecular formula is C25H23BrClN5O2. The van der Waals surface area contributed by atoms with Crippen molar-refractivity contribution in [1.29, 1.82) is 0 Å². The quantitative estimate of drug-likeness (QED) is 0.334. The average Bonchev–Trinajstić information content (AvgIpc) is 3.33. The maximum absolute atomic E-state index is 12.7. The van der Waals surface area contributed by atoms with E-state index in [1.165, 1.54) is 0 Å². The summed E-state index contributed by atoms with van der Waals surface area (Å²) in [4.78, 5) is 17.2. The van der Waals surface area contributed by atoms with Crippen molar-refractivity contribution < 1.29 is 9.21 Å². The number of rotatable bonds is 6. The van der Waals surface area contributed by atoms with E-state index in [0.717, 1.165) is 46.6 Å². The molecule has 7 nitrogen and oxygen atoms in total. The molecule has 4 aromatic rings. The smallest absolute Gasteiger partial charge is 0.270 e. The zero-order valence-corrected chi connectivity index (χ0v) is 20.6. The molecule has 34 heavy (non-hydrogen) atoms. The number of benzene rings is 2. The highest BCUT2D eigenvalue weighted by molar-refractivity contribution is 9.10. The van der Waals surface area contributed by atoms with Crippen LogP contribution < -0.4 is 10.6 Å². The van der Waals surface area contributed by atoms with E-state index in [0.29, 0.717) is 35.1 Å². The number of carbonyl (C=O) groups excluding carboxylic acids is 1. The Hall–Kier alpha value is -2.81. The minimum atomic E-state index is -0.139. The van der Waals surface area contributed by atoms with Gasteiger partial charge in [-0.05, 0) is 74.2 Å². The third-order valence-corrected chi connectivity index (χ3v) is 6.81. The number of nitrogens with one attached hydrogen (secondary N) is 2. The number of carbonyl (C=O) groups is 1. The zero-order chi connectivity index (χ0) is 23.5. The summed E-state index contributed by atoms with van der Waals surface area (Å²) in [5.74, 6) is 0.942. The fraction of sp³-hybridized carbons (Fsp3) is 0.280. The molecule has 0 unspecified atom stereocenters. The van der Waals surface area contributed by atoms with Crippen LogP contribution in [0.5, 0.6) is 0 Å². The maximum atomic E-state index is 12.7. The second-order valence-electron chi connectivity index (χ2n) is 8.44. The molecule has 2 N–H and O–H groups in total. The van der Waals surface area contributed by atoms with Gasteiger partial charge in [-0.3, -0.25) is 4.79 Å². The summed E-state index contributed by atoms with van der Waals surface area (Å²) in [6, 6.07) is 17.3. The summed E-state index contributed by atoms with van der Waals surface area (Å²) in [6.45, 7) is 0.524. The summed E-state index contributed by atoms with van der Waals surface area (Å²) in [5, 5.41) is 16.5. The number of hydrogen-bond donors (Lipinski definition) is 2. The van der Waals surface area contributed by atoms with Crippen molar-refractivity contribution in [1.82, 2.24) is 25.8 Å². The predicted octanol–water partition coefficient (Wildman–Crippen LogP) is 5.53. The van der Waals surface area contributed by atoms with Crippen molar-refractivity contribution in [3.05, 3.63) is 75.7 Å². The average molecular weight is 541 g/mol. The lowest BCUT2D eigenvalue weighted by molar-refractivity contribution is 0.0919. The second kappa shape index (κ2) is 10.2. The number of fused-ring (bicyclic) bond motifs is 1. The Balaban J connectivity index is 1.10. The number of pyridine rings is 1. The normalized spacial score (nSPS) is 18.2. The molecule has 0 bridgehead atoms. The SMILES string of the molecule is O=C(N[C@H]1CC[C@H](NCc2nnc(-c3ccc(Br)cc3)o2)CC1)c1ccc2cc(Cl)ccc2n1. The highest BCUT2D eigenvalue weighted by Crippen LogP contribution is 2.23. The summed E-state index contributed by atoms with van der Waals surface area (Å²) in [5.41, 5.74) is 2.07. The topological polar surface area (TPSA) is 92.9 Å². The van der Waals surface area contributed by atoms with E-state index in [4.69, 9.17) is 16.0 Å². The lowest BCUT2D eigenvalue weighted by Gasteiger charge is -2.29. The van der Waals surface area contributed by atoms with E-state index < -0.39 is 0 Å². The van der Waals surface area contributed by atoms with Crippen LogP contribution in [0.15, 0.2) is 63.5 Å². The molecule has 1 aliphatic carbocycles. The van der Waals surface area contributed by atoms with Crippen molar-refractivity contribution >= 4 is 44.3 Å². The molecule has 0 atom stereocenters. The van der Waals surface area contributed by atoms with E-state index >= 15 is 0 Å². The highest BCUT2D eigenvalue weighted by atomic mass is 79.9. The monoisotopic (exact) mass is 539 g/mol. The van der Waals surface area contributed by atoms with Gasteiger partial charge in [0.25, 0.3) is 5.91 Å². The third-order valence-electron chi connectivity index (χ3n) is 6.05. The number of amides is 1. The van der Waals surface area contributed by atoms with E-state index in [-0.39, 0.29) is 11.9 Å². The molecule has 0 radical (unpaired) electrons. The molecule has 0 spiro atoms. The zero-order valence-electron chi connectivity index (χ0n) is 18.3. The van der Waals surface area contributed by atoms with Gasteiger partial charge in [-0.15, -0.1) is 10.2 Å². The lowest BCUT2D eigenvalue weighted by atomic mass is 9.91. The van der Waals surface area contributed by atoms with Crippen LogP contribution in [-0.4, -0.2) is 33.2 Å². The molecule has 1 fully saturated rings. The predicted molar refractivity (Wildman–Crippen MR) is 135 cm³/mol. The lowest BCUT2D eigenvalue weighted by Crippen LogP contribution is -2.42. The van der Waals surface area contributed by atoms with E-state index in [9.17, 15) is 4.79 Å². The van der Waals surface area contributed by atoms with Gasteiger partial charge in [-0.25, -0.2) is 4.98 Å². The molecule has 5 rings (SSSR count). The van der Waals surface area contributed by atoms with Gasteiger partial charge in [0.1, 0.15) is 5.69 Å². The molecule has 2 aromatic carbocycles. The molecule has 0 saturated heterocycles. The maximum Gasteiger partial charge on any atom is 0.270 e. The first-order valence-corrected chi connectivity index (χ1v) is 12.4. The number of aromatic nitrogens is 3. The molecule has 2 heterocycles. The number of nitrogens with zero attached hydrogens (tertiary/aromatic N) is 3. The van der Waals surface area contributed by atoms with Crippen LogP contribution in [0.1, 0.15) is 42.1 Å². The molecule has 1 aliphatic rings. The highest BCUT2D eigenvalue weighted by Gasteiger charge is 2.23. The first-order valence-electron chi connectivity index (χ1n) is 11.2. The first-order chi connectivity index (χ1) is 16.5. The molecule has 9 heteroatoms. The van der Waals surface area contributed by atoms with E-state index in [2.05, 4.69) is 41.7 Å². The van der Waals surface area contributed by atoms with E-state index in [1.54, 1.807) is 12.1 Å². The first kappa shape index (κ1) is 23.0. The Labute approximate surface area is 210 Å². The minimum Gasteiger partial charge on any atom is -0.419 e. The molecule has 2 aromatic heterocycles. The summed E-state index contributed by atoms with van der Waals surface area (Å²) >= 11 is 9.45. The van der Waals surface area contributed by atoms with Crippen LogP contribution in [0.25, 0.3) is 22.4 Å². The van der Waals surface area contributed by atoms with Crippen molar-refractivity contribution in [2.45, 2.75) is 44.3 Å². The van der Waals surface area contributed by atoms with Gasteiger partial charge in [-0.1, -0.05) is 33.6 Å². The van der Waals surface area contributed by atoms with Crippen LogP contribution >= 0.6 is 27.5 Å². The standard InChI is InChI=1S/C25H23BrClN5O2/c26-17-4-1-15(2-5-17)25-32-31-23(34-25)14-28-19-7-9-20(10-8-19)29-24(33)22-11-3-16-13-18(27)6-12-21(16)30-22/h1-6,11-13,19-20,28H,7-10,14H2,(H,29,33)/t19-,20-. The summed E-state index contributed by atoms with van der Waals surface area (Å²) in [6.07, 6.45) is 3.73. The van der Waals surface area contributed by atoms with Gasteiger partial charge in [0, 0.05) is 32.5 Å². The second-order valence-corrected chi connectivity index (χ2v) is 9.80. The Bertz CT molecular complexity index is 1300. The van der Waals surface area contributed by atoms with Gasteiger partial charge in [0.05, 0.1) is 12.1 Å². The fourth-order valence-corrected chi connectivity index (χ4v) is 4.63. The summed E-state index contributed by atoms with van der Waals surface area (Å²) < 4.78 is 6.79. The molecule has 1 saturated carbocycles. The Morgan fingerprint density at radius 1 is 1.00 bits per heavy atom. The number of hydrogen-bond acceptors (Lipinski definition) is 6. The van der Waals surface area contributed by atoms with Gasteiger partial charge < -0.3 is 15.1 Å². The van der Waals surface area contributed by atoms with Crippen LogP contribution in [0.3, 0.4) is 0 Å². The van der Waals surface area contributed by atoms with Gasteiger partial charge in [-0.2, -0.15) is 0 Å². The van der Waals surface area contributed by atoms with Crippen molar-refractivity contribution in [3.63, 3.8) is 0 Å². The Kier molecular flexibility index (Phi) is 6.89. The third kappa shape index (κ3) is 5.46. The summed E-state index contributed by atoms with van der Waals surface area (Å²) in [7, 11) is 0.